The van der Waals surface area contributed by atoms with Gasteiger partial charge < -0.3 is 65.6 Å². The average molecular weight is 1320 g/mol. The van der Waals surface area contributed by atoms with Crippen LogP contribution in [0.2, 0.25) is 0 Å². The molecule has 27 heteroatoms. The molecule has 5 N–H and O–H groups in total. The highest BCUT2D eigenvalue weighted by Crippen LogP contribution is 2.27. The van der Waals surface area contributed by atoms with E-state index in [4.69, 9.17) is 0 Å². The van der Waals surface area contributed by atoms with Gasteiger partial charge in [0, 0.05) is 60.7 Å². The van der Waals surface area contributed by atoms with Gasteiger partial charge in [0.15, 0.2) is 0 Å². The van der Waals surface area contributed by atoms with Crippen LogP contribution in [-0.4, -0.2) is 263 Å². The van der Waals surface area contributed by atoms with Crippen molar-refractivity contribution >= 4 is 65.0 Å². The van der Waals surface area contributed by atoms with E-state index in [1.807, 2.05) is 41.5 Å². The molecule has 0 saturated carbocycles. The summed E-state index contributed by atoms with van der Waals surface area (Å²) in [5.41, 5.74) is 0. The van der Waals surface area contributed by atoms with E-state index in [0.717, 1.165) is 14.7 Å². The molecule has 11 amide bonds. The lowest BCUT2D eigenvalue weighted by Crippen LogP contribution is -2.64. The molecule has 27 nitrogen and oxygen atoms in total. The van der Waals surface area contributed by atoms with Crippen molar-refractivity contribution < 1.29 is 62.8 Å². The normalized spacial score (nSPS) is 26.8. The minimum absolute atomic E-state index is 0.105. The molecule has 0 aromatic carbocycles. The zero-order valence-electron chi connectivity index (χ0n) is 60.9. The first-order valence-electron chi connectivity index (χ1n) is 33.0. The number of nitro groups is 1. The number of nitrogens with one attached hydrogen (secondary N) is 4. The molecule has 0 aliphatic carbocycles. The molecule has 0 bridgehead atoms. The molecule has 0 aromatic rings. The van der Waals surface area contributed by atoms with Crippen molar-refractivity contribution in [3.05, 3.63) is 22.3 Å². The predicted molar refractivity (Wildman–Crippen MR) is 357 cm³/mol. The third-order valence-electron chi connectivity index (χ3n) is 17.6. The van der Waals surface area contributed by atoms with E-state index in [1.54, 1.807) is 93.5 Å². The van der Waals surface area contributed by atoms with Crippen molar-refractivity contribution in [2.24, 2.45) is 41.4 Å². The van der Waals surface area contributed by atoms with Crippen LogP contribution < -0.4 is 21.3 Å². The summed E-state index contributed by atoms with van der Waals surface area (Å²) in [6.07, 6.45) is 1.82. The number of allylic oxidation sites excluding steroid dienone is 2. The molecule has 1 aliphatic heterocycles. The van der Waals surface area contributed by atoms with Crippen molar-refractivity contribution in [1.29, 1.82) is 0 Å². The van der Waals surface area contributed by atoms with Gasteiger partial charge in [-0.25, -0.2) is 0 Å². The van der Waals surface area contributed by atoms with E-state index in [-0.39, 0.29) is 56.4 Å². The van der Waals surface area contributed by atoms with E-state index >= 15 is 28.8 Å². The summed E-state index contributed by atoms with van der Waals surface area (Å²) in [7, 11) is 12.7. The predicted octanol–water partition coefficient (Wildman–Crippen LogP) is 2.84. The Bertz CT molecular complexity index is 2600. The highest BCUT2D eigenvalue weighted by atomic mass is 16.6. The lowest BCUT2D eigenvalue weighted by Gasteiger charge is -2.41. The van der Waals surface area contributed by atoms with Crippen LogP contribution in [-0.2, 0) is 52.7 Å². The van der Waals surface area contributed by atoms with Gasteiger partial charge in [0.1, 0.15) is 66.5 Å². The Morgan fingerprint density at radius 3 is 1.31 bits per heavy atom. The molecular weight excluding hydrogens is 1200 g/mol. The molecule has 1 rings (SSSR count). The minimum atomic E-state index is -1.73. The molecular formula is C66H119N13O14. The van der Waals surface area contributed by atoms with Crippen LogP contribution in [0, 0.1) is 51.5 Å². The molecule has 0 aromatic heterocycles. The van der Waals surface area contributed by atoms with Gasteiger partial charge >= 0.3 is 0 Å². The summed E-state index contributed by atoms with van der Waals surface area (Å²) in [5, 5.41) is 36.0. The zero-order chi connectivity index (χ0) is 72.3. The highest BCUT2D eigenvalue weighted by molar-refractivity contribution is 6.00. The van der Waals surface area contributed by atoms with E-state index < -0.39 is 179 Å². The lowest BCUT2D eigenvalue weighted by atomic mass is 9.91. The van der Waals surface area contributed by atoms with Gasteiger partial charge in [0.2, 0.25) is 71.0 Å². The molecule has 0 spiro atoms. The number of likely N-dealkylation sites (N-methyl/N-ethyl adjacent to an activating group) is 8. The topological polar surface area (TPSA) is 325 Å². The van der Waals surface area contributed by atoms with Crippen molar-refractivity contribution in [2.75, 3.05) is 70.0 Å². The van der Waals surface area contributed by atoms with Crippen LogP contribution in [0.1, 0.15) is 156 Å². The van der Waals surface area contributed by atoms with Gasteiger partial charge in [-0.05, 0) is 108 Å². The maximum absolute atomic E-state index is 15.3. The highest BCUT2D eigenvalue weighted by Gasteiger charge is 2.47. The Kier molecular flexibility index (Phi) is 34.4. The number of hydrogen-bond donors (Lipinski definition) is 5. The number of amides is 11. The Morgan fingerprint density at radius 1 is 0.484 bits per heavy atom. The smallest absolute Gasteiger partial charge is 0.246 e. The third kappa shape index (κ3) is 23.3. The van der Waals surface area contributed by atoms with Crippen molar-refractivity contribution in [3.63, 3.8) is 0 Å². The standard InChI is InChI=1S/C66H119N13O14/c1-27-29-30-42(15)55(80)54-59(84)69-46(28-2)61(86)74(22)50(34-45(79(92)93)35-71(18)19)64(89)76(24)52(40(11)12)58(83)70-51(39(9)10)65(90)72(20)47(31-36(3)4)57(82)67-43(16)56(81)68-44(17)60(85)73(21)48(32-37(5)6)62(87)75(23)49(33-38(7)8)63(88)77(25)53(41(13)14)66(91)78(54)26/h27,29,36-55,80H,28,30-35H2,1-26H3,(H,67,82)(H,68,81)(H,69,84)(H,70,83)/b29-27+/t42-,43+,44-,45?,46+,47+,48+,49+,50-,51+,52+,53+,54+,55-/m1/s1. The van der Waals surface area contributed by atoms with Gasteiger partial charge in [0.05, 0.1) is 12.6 Å². The van der Waals surface area contributed by atoms with Gasteiger partial charge in [-0.1, -0.05) is 109 Å². The third-order valence-corrected chi connectivity index (χ3v) is 17.6. The Morgan fingerprint density at radius 2 is 0.882 bits per heavy atom. The fourth-order valence-electron chi connectivity index (χ4n) is 12.0. The number of aliphatic hydroxyl groups excluding tert-OH is 1. The number of aliphatic hydroxyl groups is 1. The summed E-state index contributed by atoms with van der Waals surface area (Å²) < 4.78 is 0. The molecule has 1 unspecified atom stereocenters. The van der Waals surface area contributed by atoms with Crippen LogP contribution in [0.5, 0.6) is 0 Å². The van der Waals surface area contributed by atoms with Gasteiger partial charge in [-0.2, -0.15) is 0 Å². The molecule has 0 radical (unpaired) electrons. The average Bonchev–Trinajstić information content (AvgIpc) is 0.838. The van der Waals surface area contributed by atoms with Crippen LogP contribution in [0.3, 0.4) is 0 Å². The molecule has 1 aliphatic rings. The number of carbonyl (C=O) groups is 11. The lowest BCUT2D eigenvalue weighted by molar-refractivity contribution is -0.524. The van der Waals surface area contributed by atoms with Crippen LogP contribution in [0.25, 0.3) is 0 Å². The summed E-state index contributed by atoms with van der Waals surface area (Å²) in [6.45, 7) is 28.8. The molecule has 93 heavy (non-hydrogen) atoms. The quantitative estimate of drug-likeness (QED) is 0.0706. The van der Waals surface area contributed by atoms with Gasteiger partial charge in [-0.3, -0.25) is 62.9 Å². The second-order valence-corrected chi connectivity index (χ2v) is 28.3. The molecule has 1 heterocycles. The first kappa shape index (κ1) is 84.2. The minimum Gasteiger partial charge on any atom is -0.390 e. The number of nitrogens with zero attached hydrogens (tertiary/aromatic N) is 9. The SMILES string of the molecule is C/C=C/C[C@@H](C)[C@@H](O)[C@H]1C(=O)N[C@@H](CC)C(=O)N(C)[C@H](CC(CN(C)C)[N+](=O)[O-])C(=O)N(C)[C@@H](C(C)C)C(=O)N[C@@H](C(C)C)C(=O)N(C)[C@@H](CC(C)C)C(=O)N[C@@H](C)C(=O)N[C@H](C)C(=O)N(C)[C@@H](CC(C)C)C(=O)N(C)[C@@H](CC(C)C)C(=O)N(C)[C@@H](C(C)C)C(=O)N1C. The Hall–Kier alpha value is -6.77. The van der Waals surface area contributed by atoms with Crippen LogP contribution in [0.4, 0.5) is 0 Å². The molecule has 1 saturated heterocycles. The maximum Gasteiger partial charge on any atom is 0.246 e. The van der Waals surface area contributed by atoms with E-state index in [1.165, 1.54) is 82.8 Å². The second-order valence-electron chi connectivity index (χ2n) is 28.3. The number of hydrogen-bond acceptors (Lipinski definition) is 15. The summed E-state index contributed by atoms with van der Waals surface area (Å²) in [6, 6.07) is -16.4. The molecule has 1 fully saturated rings. The molecule has 14 atom stereocenters. The van der Waals surface area contributed by atoms with Crippen molar-refractivity contribution in [2.45, 2.75) is 235 Å². The second kappa shape index (κ2) is 37.9. The molecule has 532 valence electrons. The Labute approximate surface area is 554 Å². The van der Waals surface area contributed by atoms with Crippen molar-refractivity contribution in [3.8, 4) is 0 Å². The largest absolute Gasteiger partial charge is 0.390 e. The fraction of sp³-hybridized carbons (Fsp3) is 0.803. The van der Waals surface area contributed by atoms with Gasteiger partial charge in [-0.15, -0.1) is 0 Å². The summed E-state index contributed by atoms with van der Waals surface area (Å²) in [5.74, 6) is -11.7. The van der Waals surface area contributed by atoms with E-state index in [9.17, 15) is 39.2 Å². The summed E-state index contributed by atoms with van der Waals surface area (Å²) in [4.78, 5) is 185. The fourth-order valence-corrected chi connectivity index (χ4v) is 12.0. The van der Waals surface area contributed by atoms with E-state index in [2.05, 4.69) is 21.3 Å². The van der Waals surface area contributed by atoms with Crippen LogP contribution in [0.15, 0.2) is 12.2 Å². The summed E-state index contributed by atoms with van der Waals surface area (Å²) >= 11 is 0. The van der Waals surface area contributed by atoms with Crippen molar-refractivity contribution in [1.82, 2.24) is 60.5 Å². The Balaban J connectivity index is 4.60. The van der Waals surface area contributed by atoms with E-state index in [0.29, 0.717) is 0 Å². The first-order valence-corrected chi connectivity index (χ1v) is 33.0. The number of carbonyl (C=O) groups excluding carboxylic acids is 11. The zero-order valence-corrected chi connectivity index (χ0v) is 60.9. The number of rotatable bonds is 19. The van der Waals surface area contributed by atoms with Crippen LogP contribution >= 0.6 is 0 Å². The first-order chi connectivity index (χ1) is 42.9. The van der Waals surface area contributed by atoms with Gasteiger partial charge in [0.25, 0.3) is 0 Å². The maximum atomic E-state index is 15.3. The monoisotopic (exact) mass is 1320 g/mol.